The van der Waals surface area contributed by atoms with Gasteiger partial charge >= 0.3 is 0 Å². The van der Waals surface area contributed by atoms with Crippen LogP contribution in [0.3, 0.4) is 0 Å². The van der Waals surface area contributed by atoms with Gasteiger partial charge in [-0.1, -0.05) is 6.92 Å². The van der Waals surface area contributed by atoms with Gasteiger partial charge < -0.3 is 9.88 Å². The fourth-order valence-corrected chi connectivity index (χ4v) is 2.38. The molecular weight excluding hydrogens is 344 g/mol. The molecule has 1 N–H and O–H groups in total. The van der Waals surface area contributed by atoms with Gasteiger partial charge in [0.2, 0.25) is 5.95 Å². The summed E-state index contributed by atoms with van der Waals surface area (Å²) in [6.07, 6.45) is 3.06. The first-order valence-electron chi connectivity index (χ1n) is 5.86. The SMILES string of the molecule is CCCn1cc(C)nc1Nc1ccc(F)cc1I. The Morgan fingerprint density at radius 3 is 2.89 bits per heavy atom. The second-order valence-corrected chi connectivity index (χ2v) is 5.31. The lowest BCUT2D eigenvalue weighted by molar-refractivity contribution is 0.627. The van der Waals surface area contributed by atoms with Gasteiger partial charge in [-0.15, -0.1) is 0 Å². The summed E-state index contributed by atoms with van der Waals surface area (Å²) >= 11 is 2.11. The number of imidazole rings is 1. The summed E-state index contributed by atoms with van der Waals surface area (Å²) < 4.78 is 16.0. The lowest BCUT2D eigenvalue weighted by atomic mass is 10.3. The third kappa shape index (κ3) is 3.01. The molecule has 5 heteroatoms. The molecule has 0 unspecified atom stereocenters. The van der Waals surface area contributed by atoms with Crippen molar-refractivity contribution in [2.75, 3.05) is 5.32 Å². The van der Waals surface area contributed by atoms with Gasteiger partial charge in [-0.2, -0.15) is 0 Å². The zero-order chi connectivity index (χ0) is 13.1. The number of nitrogens with zero attached hydrogens (tertiary/aromatic N) is 2. The molecule has 0 spiro atoms. The number of aromatic nitrogens is 2. The molecule has 0 aliphatic heterocycles. The van der Waals surface area contributed by atoms with Gasteiger partial charge in [0, 0.05) is 16.3 Å². The van der Waals surface area contributed by atoms with Gasteiger partial charge in [0.25, 0.3) is 0 Å². The van der Waals surface area contributed by atoms with Crippen LogP contribution in [0, 0.1) is 16.3 Å². The number of hydrogen-bond acceptors (Lipinski definition) is 2. The lowest BCUT2D eigenvalue weighted by Gasteiger charge is -2.10. The molecule has 0 aliphatic rings. The summed E-state index contributed by atoms with van der Waals surface area (Å²) in [7, 11) is 0. The molecule has 2 rings (SSSR count). The van der Waals surface area contributed by atoms with E-state index in [2.05, 4.69) is 44.4 Å². The fraction of sp³-hybridized carbons (Fsp3) is 0.308. The van der Waals surface area contributed by atoms with E-state index in [0.717, 1.165) is 33.9 Å². The van der Waals surface area contributed by atoms with Crippen LogP contribution in [0.2, 0.25) is 0 Å². The van der Waals surface area contributed by atoms with Crippen molar-refractivity contribution < 1.29 is 4.39 Å². The zero-order valence-electron chi connectivity index (χ0n) is 10.4. The molecule has 1 heterocycles. The Labute approximate surface area is 120 Å². The van der Waals surface area contributed by atoms with E-state index in [4.69, 9.17) is 0 Å². The van der Waals surface area contributed by atoms with Crippen LogP contribution in [0.25, 0.3) is 0 Å². The number of nitrogens with one attached hydrogen (secondary N) is 1. The second-order valence-electron chi connectivity index (χ2n) is 4.15. The number of anilines is 2. The predicted molar refractivity (Wildman–Crippen MR) is 79.7 cm³/mol. The second kappa shape index (κ2) is 5.69. The highest BCUT2D eigenvalue weighted by Crippen LogP contribution is 2.23. The Bertz CT molecular complexity index is 551. The summed E-state index contributed by atoms with van der Waals surface area (Å²) in [5.41, 5.74) is 1.85. The third-order valence-electron chi connectivity index (χ3n) is 2.54. The first-order chi connectivity index (χ1) is 8.60. The first-order valence-corrected chi connectivity index (χ1v) is 6.94. The van der Waals surface area contributed by atoms with Gasteiger partial charge in [-0.3, -0.25) is 0 Å². The van der Waals surface area contributed by atoms with Crippen LogP contribution in [0.1, 0.15) is 19.0 Å². The summed E-state index contributed by atoms with van der Waals surface area (Å²) in [6.45, 7) is 5.01. The summed E-state index contributed by atoms with van der Waals surface area (Å²) in [6, 6.07) is 4.69. The maximum atomic E-state index is 13.0. The molecule has 18 heavy (non-hydrogen) atoms. The molecule has 1 aromatic heterocycles. The largest absolute Gasteiger partial charge is 0.325 e. The monoisotopic (exact) mass is 359 g/mol. The van der Waals surface area contributed by atoms with Gasteiger partial charge in [-0.25, -0.2) is 9.37 Å². The number of halogens is 2. The number of aryl methyl sites for hydroxylation is 2. The molecule has 0 aliphatic carbocycles. The lowest BCUT2D eigenvalue weighted by Crippen LogP contribution is -2.03. The molecule has 0 amide bonds. The van der Waals surface area contributed by atoms with E-state index in [0.29, 0.717) is 0 Å². The molecule has 96 valence electrons. The molecule has 0 saturated carbocycles. The highest BCUT2D eigenvalue weighted by Gasteiger charge is 2.07. The average molecular weight is 359 g/mol. The van der Waals surface area contributed by atoms with E-state index in [9.17, 15) is 4.39 Å². The Kier molecular flexibility index (Phi) is 4.21. The maximum Gasteiger partial charge on any atom is 0.207 e. The van der Waals surface area contributed by atoms with Crippen LogP contribution >= 0.6 is 22.6 Å². The van der Waals surface area contributed by atoms with E-state index in [1.54, 1.807) is 6.07 Å². The average Bonchev–Trinajstić information content (AvgIpc) is 2.64. The minimum atomic E-state index is -0.224. The minimum Gasteiger partial charge on any atom is -0.325 e. The Morgan fingerprint density at radius 1 is 1.44 bits per heavy atom. The third-order valence-corrected chi connectivity index (χ3v) is 3.43. The van der Waals surface area contributed by atoms with Crippen molar-refractivity contribution in [3.63, 3.8) is 0 Å². The molecule has 1 aromatic carbocycles. The van der Waals surface area contributed by atoms with Crippen molar-refractivity contribution >= 4 is 34.2 Å². The number of benzene rings is 1. The predicted octanol–water partition coefficient (Wildman–Crippen LogP) is 4.09. The smallest absolute Gasteiger partial charge is 0.207 e. The molecule has 0 radical (unpaired) electrons. The Hall–Kier alpha value is -1.11. The quantitative estimate of drug-likeness (QED) is 0.834. The van der Waals surface area contributed by atoms with Crippen molar-refractivity contribution in [1.29, 1.82) is 0 Å². The normalized spacial score (nSPS) is 10.7. The summed E-state index contributed by atoms with van der Waals surface area (Å²) in [5, 5.41) is 3.25. The van der Waals surface area contributed by atoms with Crippen molar-refractivity contribution in [2.24, 2.45) is 0 Å². The van der Waals surface area contributed by atoms with Crippen LogP contribution in [0.5, 0.6) is 0 Å². The molecule has 0 fully saturated rings. The Morgan fingerprint density at radius 2 is 2.22 bits per heavy atom. The topological polar surface area (TPSA) is 29.9 Å². The van der Waals surface area contributed by atoms with Crippen LogP contribution in [0.4, 0.5) is 16.0 Å². The number of rotatable bonds is 4. The van der Waals surface area contributed by atoms with E-state index in [1.807, 2.05) is 13.1 Å². The molecule has 3 nitrogen and oxygen atoms in total. The first kappa shape index (κ1) is 13.3. The van der Waals surface area contributed by atoms with Gasteiger partial charge in [0.05, 0.1) is 11.4 Å². The minimum absolute atomic E-state index is 0.224. The highest BCUT2D eigenvalue weighted by atomic mass is 127. The van der Waals surface area contributed by atoms with Crippen LogP contribution in [-0.2, 0) is 6.54 Å². The van der Waals surface area contributed by atoms with Crippen molar-refractivity contribution in [3.8, 4) is 0 Å². The molecule has 0 atom stereocenters. The van der Waals surface area contributed by atoms with Gasteiger partial charge in [-0.05, 0) is 54.1 Å². The van der Waals surface area contributed by atoms with E-state index in [1.165, 1.54) is 12.1 Å². The standard InChI is InChI=1S/C13H15FIN3/c1-3-6-18-8-9(2)16-13(18)17-12-5-4-10(14)7-11(12)15/h4-5,7-8H,3,6H2,1-2H3,(H,16,17). The molecule has 0 saturated heterocycles. The van der Waals surface area contributed by atoms with E-state index >= 15 is 0 Å². The molecule has 2 aromatic rings. The molecular formula is C13H15FIN3. The summed E-state index contributed by atoms with van der Waals surface area (Å²) in [5.74, 6) is 0.580. The maximum absolute atomic E-state index is 13.0. The highest BCUT2D eigenvalue weighted by molar-refractivity contribution is 14.1. The van der Waals surface area contributed by atoms with E-state index in [-0.39, 0.29) is 5.82 Å². The fourth-order valence-electron chi connectivity index (χ4n) is 1.77. The van der Waals surface area contributed by atoms with Gasteiger partial charge in [0.1, 0.15) is 5.82 Å². The van der Waals surface area contributed by atoms with Gasteiger partial charge in [0.15, 0.2) is 0 Å². The summed E-state index contributed by atoms with van der Waals surface area (Å²) in [4.78, 5) is 4.44. The molecule has 0 bridgehead atoms. The van der Waals surface area contributed by atoms with Crippen molar-refractivity contribution in [2.45, 2.75) is 26.8 Å². The zero-order valence-corrected chi connectivity index (χ0v) is 12.5. The van der Waals surface area contributed by atoms with Crippen LogP contribution in [0.15, 0.2) is 24.4 Å². The van der Waals surface area contributed by atoms with Crippen molar-refractivity contribution in [1.82, 2.24) is 9.55 Å². The Balaban J connectivity index is 2.27. The van der Waals surface area contributed by atoms with Crippen molar-refractivity contribution in [3.05, 3.63) is 39.5 Å². The van der Waals surface area contributed by atoms with Crippen LogP contribution in [-0.4, -0.2) is 9.55 Å². The van der Waals surface area contributed by atoms with Crippen LogP contribution < -0.4 is 5.32 Å². The number of hydrogen-bond donors (Lipinski definition) is 1. The van der Waals surface area contributed by atoms with E-state index < -0.39 is 0 Å².